The zero-order valence-electron chi connectivity index (χ0n) is 9.74. The molecule has 6 heteroatoms. The molecule has 0 aromatic carbocycles. The second kappa shape index (κ2) is 3.99. The average molecular weight is 241 g/mol. The van der Waals surface area contributed by atoms with E-state index >= 15 is 0 Å². The van der Waals surface area contributed by atoms with Crippen LogP contribution in [0, 0.1) is 0 Å². The van der Waals surface area contributed by atoms with Crippen LogP contribution in [-0.4, -0.2) is 25.1 Å². The van der Waals surface area contributed by atoms with E-state index in [9.17, 15) is 4.79 Å². The van der Waals surface area contributed by atoms with Crippen molar-refractivity contribution in [2.45, 2.75) is 0 Å². The molecule has 0 atom stereocenters. The maximum absolute atomic E-state index is 12.1. The molecule has 3 aromatic heterocycles. The zero-order chi connectivity index (χ0) is 12.5. The van der Waals surface area contributed by atoms with Crippen LogP contribution in [0.3, 0.4) is 0 Å². The molecule has 0 saturated heterocycles. The largest absolute Gasteiger partial charge is 0.305 e. The van der Waals surface area contributed by atoms with Crippen molar-refractivity contribution in [3.05, 3.63) is 48.5 Å². The number of imidazole rings is 1. The third kappa shape index (κ3) is 1.64. The zero-order valence-corrected chi connectivity index (χ0v) is 9.74. The molecule has 0 saturated carbocycles. The van der Waals surface area contributed by atoms with E-state index in [0.717, 1.165) is 5.65 Å². The Morgan fingerprint density at radius 2 is 2.22 bits per heavy atom. The van der Waals surface area contributed by atoms with E-state index in [1.165, 1.54) is 0 Å². The Kier molecular flexibility index (Phi) is 2.33. The normalized spacial score (nSPS) is 10.7. The third-order valence-electron chi connectivity index (χ3n) is 2.71. The number of carbonyl (C=O) groups excluding carboxylic acids is 1. The minimum absolute atomic E-state index is 0.211. The first-order valence-corrected chi connectivity index (χ1v) is 5.47. The van der Waals surface area contributed by atoms with Gasteiger partial charge >= 0.3 is 0 Å². The van der Waals surface area contributed by atoms with Gasteiger partial charge in [-0.05, 0) is 12.1 Å². The van der Waals surface area contributed by atoms with Gasteiger partial charge < -0.3 is 5.32 Å². The van der Waals surface area contributed by atoms with Gasteiger partial charge in [0.2, 0.25) is 0 Å². The van der Waals surface area contributed by atoms with Crippen LogP contribution in [0.2, 0.25) is 0 Å². The number of pyridine rings is 1. The average Bonchev–Trinajstić information content (AvgIpc) is 2.96. The van der Waals surface area contributed by atoms with E-state index in [2.05, 4.69) is 15.4 Å². The Morgan fingerprint density at radius 3 is 3.00 bits per heavy atom. The topological polar surface area (TPSA) is 64.2 Å². The van der Waals surface area contributed by atoms with Gasteiger partial charge in [0.25, 0.3) is 5.91 Å². The summed E-state index contributed by atoms with van der Waals surface area (Å²) in [6.07, 6.45) is 4.99. The van der Waals surface area contributed by atoms with Gasteiger partial charge in [-0.15, -0.1) is 0 Å². The lowest BCUT2D eigenvalue weighted by molar-refractivity contribution is 0.102. The number of carbonyl (C=O) groups is 1. The second-order valence-electron chi connectivity index (χ2n) is 3.87. The van der Waals surface area contributed by atoms with Crippen molar-refractivity contribution in [1.29, 1.82) is 0 Å². The van der Waals surface area contributed by atoms with Gasteiger partial charge in [-0.1, -0.05) is 6.07 Å². The van der Waals surface area contributed by atoms with E-state index in [1.54, 1.807) is 40.8 Å². The number of hydrogen-bond donors (Lipinski definition) is 1. The van der Waals surface area contributed by atoms with Crippen molar-refractivity contribution in [2.24, 2.45) is 7.05 Å². The fourth-order valence-corrected chi connectivity index (χ4v) is 1.78. The predicted molar refractivity (Wildman–Crippen MR) is 66.4 cm³/mol. The molecule has 3 heterocycles. The highest BCUT2D eigenvalue weighted by Crippen LogP contribution is 2.10. The van der Waals surface area contributed by atoms with Crippen molar-refractivity contribution in [3.8, 4) is 0 Å². The summed E-state index contributed by atoms with van der Waals surface area (Å²) in [6, 6.07) is 7.32. The summed E-state index contributed by atoms with van der Waals surface area (Å²) in [5.41, 5.74) is 1.24. The standard InChI is InChI=1S/C12H11N5O/c1-16-11(5-6-14-16)15-12(18)9-8-13-10-4-2-3-7-17(9)10/h2-8H,1H3,(H,15,18). The third-order valence-corrected chi connectivity index (χ3v) is 2.71. The number of nitrogens with zero attached hydrogens (tertiary/aromatic N) is 4. The molecule has 90 valence electrons. The molecule has 0 spiro atoms. The van der Waals surface area contributed by atoms with Crippen LogP contribution in [0.25, 0.3) is 5.65 Å². The summed E-state index contributed by atoms with van der Waals surface area (Å²) in [4.78, 5) is 16.3. The summed E-state index contributed by atoms with van der Waals surface area (Å²) in [6.45, 7) is 0. The van der Waals surface area contributed by atoms with Gasteiger partial charge in [-0.3, -0.25) is 13.9 Å². The lowest BCUT2D eigenvalue weighted by atomic mass is 10.4. The lowest BCUT2D eigenvalue weighted by Gasteiger charge is -2.04. The highest BCUT2D eigenvalue weighted by molar-refractivity contribution is 6.03. The predicted octanol–water partition coefficient (Wildman–Crippen LogP) is 1.32. The molecule has 0 fully saturated rings. The first-order chi connectivity index (χ1) is 8.75. The Hall–Kier alpha value is -2.63. The summed E-state index contributed by atoms with van der Waals surface area (Å²) in [5, 5.41) is 6.78. The molecular formula is C12H11N5O. The van der Waals surface area contributed by atoms with E-state index in [1.807, 2.05) is 18.2 Å². The van der Waals surface area contributed by atoms with Gasteiger partial charge in [0.1, 0.15) is 17.2 Å². The number of nitrogens with one attached hydrogen (secondary N) is 1. The molecule has 0 aliphatic carbocycles. The number of anilines is 1. The van der Waals surface area contributed by atoms with E-state index in [-0.39, 0.29) is 5.91 Å². The van der Waals surface area contributed by atoms with Crippen molar-refractivity contribution in [1.82, 2.24) is 19.2 Å². The summed E-state index contributed by atoms with van der Waals surface area (Å²) >= 11 is 0. The van der Waals surface area contributed by atoms with Gasteiger partial charge in [0, 0.05) is 19.3 Å². The van der Waals surface area contributed by atoms with Crippen molar-refractivity contribution in [3.63, 3.8) is 0 Å². The summed E-state index contributed by atoms with van der Waals surface area (Å²) in [5.74, 6) is 0.434. The molecule has 0 bridgehead atoms. The maximum Gasteiger partial charge on any atom is 0.275 e. The monoisotopic (exact) mass is 241 g/mol. The van der Waals surface area contributed by atoms with Crippen molar-refractivity contribution in [2.75, 3.05) is 5.32 Å². The van der Waals surface area contributed by atoms with Crippen LogP contribution in [0.5, 0.6) is 0 Å². The van der Waals surface area contributed by atoms with E-state index in [4.69, 9.17) is 0 Å². The van der Waals surface area contributed by atoms with Crippen LogP contribution >= 0.6 is 0 Å². The van der Waals surface area contributed by atoms with Crippen LogP contribution in [0.4, 0.5) is 5.82 Å². The quantitative estimate of drug-likeness (QED) is 0.736. The lowest BCUT2D eigenvalue weighted by Crippen LogP contribution is -2.16. The Morgan fingerprint density at radius 1 is 1.33 bits per heavy atom. The molecule has 0 aliphatic rings. The fraction of sp³-hybridized carbons (Fsp3) is 0.0833. The molecule has 0 radical (unpaired) electrons. The highest BCUT2D eigenvalue weighted by atomic mass is 16.2. The van der Waals surface area contributed by atoms with Gasteiger partial charge in [0.05, 0.1) is 12.4 Å². The van der Waals surface area contributed by atoms with Gasteiger partial charge in [0.15, 0.2) is 0 Å². The van der Waals surface area contributed by atoms with Gasteiger partial charge in [-0.25, -0.2) is 4.98 Å². The number of fused-ring (bicyclic) bond motifs is 1. The molecule has 3 aromatic rings. The van der Waals surface area contributed by atoms with Crippen LogP contribution in [-0.2, 0) is 7.05 Å². The smallest absolute Gasteiger partial charge is 0.275 e. The van der Waals surface area contributed by atoms with Crippen LogP contribution in [0.1, 0.15) is 10.5 Å². The number of aryl methyl sites for hydroxylation is 1. The van der Waals surface area contributed by atoms with Crippen molar-refractivity contribution < 1.29 is 4.79 Å². The van der Waals surface area contributed by atoms with Crippen molar-refractivity contribution >= 4 is 17.4 Å². The highest BCUT2D eigenvalue weighted by Gasteiger charge is 2.12. The number of hydrogen-bond acceptors (Lipinski definition) is 3. The van der Waals surface area contributed by atoms with E-state index < -0.39 is 0 Å². The van der Waals surface area contributed by atoms with E-state index in [0.29, 0.717) is 11.5 Å². The fourth-order valence-electron chi connectivity index (χ4n) is 1.78. The SMILES string of the molecule is Cn1nccc1NC(=O)c1cnc2ccccn12. The van der Waals surface area contributed by atoms with Crippen LogP contribution in [0.15, 0.2) is 42.9 Å². The molecule has 0 unspecified atom stereocenters. The molecule has 6 nitrogen and oxygen atoms in total. The first-order valence-electron chi connectivity index (χ1n) is 5.47. The summed E-state index contributed by atoms with van der Waals surface area (Å²) in [7, 11) is 1.77. The minimum Gasteiger partial charge on any atom is -0.305 e. The second-order valence-corrected chi connectivity index (χ2v) is 3.87. The van der Waals surface area contributed by atoms with Crippen LogP contribution < -0.4 is 5.32 Å². The van der Waals surface area contributed by atoms with Gasteiger partial charge in [-0.2, -0.15) is 5.10 Å². The minimum atomic E-state index is -0.211. The molecular weight excluding hydrogens is 230 g/mol. The number of amides is 1. The Labute approximate surface area is 103 Å². The first kappa shape index (κ1) is 10.5. The summed E-state index contributed by atoms with van der Waals surface area (Å²) < 4.78 is 3.34. The Bertz CT molecular complexity index is 712. The molecule has 18 heavy (non-hydrogen) atoms. The molecule has 1 N–H and O–H groups in total. The number of aromatic nitrogens is 4. The molecule has 1 amide bonds. The molecule has 3 rings (SSSR count). The Balaban J connectivity index is 1.95. The maximum atomic E-state index is 12.1. The molecule has 0 aliphatic heterocycles. The number of rotatable bonds is 2.